The van der Waals surface area contributed by atoms with Gasteiger partial charge in [-0.05, 0) is 41.1 Å². The molecule has 0 aliphatic heterocycles. The zero-order chi connectivity index (χ0) is 14.5. The quantitative estimate of drug-likeness (QED) is 0.930. The van der Waals surface area contributed by atoms with E-state index in [-0.39, 0.29) is 18.3 Å². The van der Waals surface area contributed by atoms with Gasteiger partial charge in [0.25, 0.3) is 5.91 Å². The number of carbonyl (C=O) groups excluding carboxylic acids is 1. The Hall–Kier alpha value is -1.95. The van der Waals surface area contributed by atoms with E-state index >= 15 is 0 Å². The average Bonchev–Trinajstić information content (AvgIpc) is 2.41. The van der Waals surface area contributed by atoms with Crippen LogP contribution in [0.5, 0.6) is 5.75 Å². The normalized spacial score (nSPS) is 10.2. The van der Waals surface area contributed by atoms with Crippen LogP contribution in [0.3, 0.4) is 0 Å². The summed E-state index contributed by atoms with van der Waals surface area (Å²) in [5.74, 6) is 0.0111. The van der Waals surface area contributed by atoms with Gasteiger partial charge in [-0.1, -0.05) is 17.7 Å². The molecular formula is C14H12BrFN2O2. The molecule has 0 radical (unpaired) electrons. The number of rotatable bonds is 4. The smallest absolute Gasteiger partial charge is 0.263 e. The molecular weight excluding hydrogens is 327 g/mol. The maximum absolute atomic E-state index is 12.9. The number of hydrogen-bond donors (Lipinski definition) is 1. The van der Waals surface area contributed by atoms with E-state index in [4.69, 9.17) is 4.74 Å². The second kappa shape index (κ2) is 6.47. The second-order valence-electron chi connectivity index (χ2n) is 4.13. The highest BCUT2D eigenvalue weighted by atomic mass is 79.9. The zero-order valence-corrected chi connectivity index (χ0v) is 12.3. The highest BCUT2D eigenvalue weighted by Gasteiger charge is 2.08. The van der Waals surface area contributed by atoms with E-state index < -0.39 is 5.82 Å². The monoisotopic (exact) mass is 338 g/mol. The molecule has 0 spiro atoms. The van der Waals surface area contributed by atoms with Gasteiger partial charge in [0, 0.05) is 0 Å². The van der Waals surface area contributed by atoms with Crippen LogP contribution in [-0.2, 0) is 4.79 Å². The van der Waals surface area contributed by atoms with Crippen LogP contribution in [0.4, 0.5) is 10.2 Å². The molecule has 2 rings (SSSR count). The summed E-state index contributed by atoms with van der Waals surface area (Å²) in [6, 6.07) is 8.59. The summed E-state index contributed by atoms with van der Waals surface area (Å²) < 4.78 is 18.6. The molecule has 0 unspecified atom stereocenters. The molecule has 1 aromatic carbocycles. The summed E-state index contributed by atoms with van der Waals surface area (Å²) >= 11 is 3.12. The van der Waals surface area contributed by atoms with E-state index in [1.165, 1.54) is 6.07 Å². The number of hydrogen-bond acceptors (Lipinski definition) is 3. The van der Waals surface area contributed by atoms with Crippen molar-refractivity contribution in [2.24, 2.45) is 0 Å². The highest BCUT2D eigenvalue weighted by molar-refractivity contribution is 9.10. The van der Waals surface area contributed by atoms with Crippen molar-refractivity contribution < 1.29 is 13.9 Å². The van der Waals surface area contributed by atoms with Crippen molar-refractivity contribution >= 4 is 27.7 Å². The van der Waals surface area contributed by atoms with Gasteiger partial charge in [0.05, 0.1) is 10.7 Å². The molecule has 0 saturated heterocycles. The topological polar surface area (TPSA) is 51.2 Å². The molecule has 1 amide bonds. The van der Waals surface area contributed by atoms with Gasteiger partial charge in [-0.25, -0.2) is 9.37 Å². The first-order chi connectivity index (χ1) is 9.54. The van der Waals surface area contributed by atoms with Crippen LogP contribution in [0.2, 0.25) is 0 Å². The molecule has 6 heteroatoms. The van der Waals surface area contributed by atoms with Crippen molar-refractivity contribution in [2.45, 2.75) is 6.92 Å². The largest absolute Gasteiger partial charge is 0.484 e. The average molecular weight is 339 g/mol. The van der Waals surface area contributed by atoms with Gasteiger partial charge in [0.15, 0.2) is 6.61 Å². The second-order valence-corrected chi connectivity index (χ2v) is 4.99. The first kappa shape index (κ1) is 14.5. The molecule has 0 bridgehead atoms. The minimum absolute atomic E-state index is 0.144. The fourth-order valence-corrected chi connectivity index (χ4v) is 1.88. The van der Waals surface area contributed by atoms with Gasteiger partial charge >= 0.3 is 0 Å². The first-order valence-electron chi connectivity index (χ1n) is 5.85. The number of ether oxygens (including phenoxy) is 1. The summed E-state index contributed by atoms with van der Waals surface area (Å²) in [5, 5.41) is 2.53. The summed E-state index contributed by atoms with van der Waals surface area (Å²) in [6.07, 6.45) is 1.03. The predicted octanol–water partition coefficient (Wildman–Crippen LogP) is 3.31. The van der Waals surface area contributed by atoms with Crippen molar-refractivity contribution in [3.63, 3.8) is 0 Å². The molecule has 0 aliphatic carbocycles. The predicted molar refractivity (Wildman–Crippen MR) is 77.2 cm³/mol. The third-order valence-electron chi connectivity index (χ3n) is 2.46. The van der Waals surface area contributed by atoms with Crippen molar-refractivity contribution in [1.82, 2.24) is 4.98 Å². The van der Waals surface area contributed by atoms with Crippen LogP contribution in [0.1, 0.15) is 5.56 Å². The van der Waals surface area contributed by atoms with Crippen LogP contribution >= 0.6 is 15.9 Å². The number of benzene rings is 1. The number of pyridine rings is 1. The Kier molecular flexibility index (Phi) is 4.68. The number of aromatic nitrogens is 1. The lowest BCUT2D eigenvalue weighted by molar-refractivity contribution is -0.118. The molecule has 1 N–H and O–H groups in total. The Morgan fingerprint density at radius 1 is 1.40 bits per heavy atom. The van der Waals surface area contributed by atoms with Gasteiger partial charge in [0.1, 0.15) is 17.4 Å². The molecule has 104 valence electrons. The zero-order valence-electron chi connectivity index (χ0n) is 10.7. The highest BCUT2D eigenvalue weighted by Crippen LogP contribution is 2.20. The van der Waals surface area contributed by atoms with E-state index in [9.17, 15) is 9.18 Å². The number of nitrogens with zero attached hydrogens (tertiary/aromatic N) is 1. The fraction of sp³-hybridized carbons (Fsp3) is 0.143. The minimum Gasteiger partial charge on any atom is -0.484 e. The van der Waals surface area contributed by atoms with Crippen LogP contribution in [0.25, 0.3) is 0 Å². The molecule has 4 nitrogen and oxygen atoms in total. The molecule has 0 saturated carbocycles. The van der Waals surface area contributed by atoms with Crippen molar-refractivity contribution in [1.29, 1.82) is 0 Å². The summed E-state index contributed by atoms with van der Waals surface area (Å²) in [4.78, 5) is 15.5. The van der Waals surface area contributed by atoms with E-state index in [1.54, 1.807) is 12.1 Å². The Balaban J connectivity index is 1.90. The molecule has 0 aliphatic rings. The van der Waals surface area contributed by atoms with Gasteiger partial charge in [-0.15, -0.1) is 0 Å². The fourth-order valence-electron chi connectivity index (χ4n) is 1.46. The molecule has 0 atom stereocenters. The van der Waals surface area contributed by atoms with Crippen LogP contribution in [-0.4, -0.2) is 17.5 Å². The van der Waals surface area contributed by atoms with Gasteiger partial charge in [-0.2, -0.15) is 0 Å². The maximum atomic E-state index is 12.9. The standard InChI is InChI=1S/C14H12BrFN2O2/c1-9-2-4-11(5-3-9)20-8-13(19)18-14-12(15)6-10(16)7-17-14/h2-7H,8H2,1H3,(H,17,18,19). The Labute approximate surface area is 124 Å². The molecule has 2 aromatic rings. The van der Waals surface area contributed by atoms with Crippen molar-refractivity contribution in [2.75, 3.05) is 11.9 Å². The first-order valence-corrected chi connectivity index (χ1v) is 6.64. The van der Waals surface area contributed by atoms with Gasteiger partial charge in [-0.3, -0.25) is 4.79 Å². The van der Waals surface area contributed by atoms with E-state index in [0.717, 1.165) is 11.8 Å². The Bertz CT molecular complexity index is 617. The van der Waals surface area contributed by atoms with E-state index in [1.807, 2.05) is 19.1 Å². The molecule has 1 heterocycles. The number of carbonyl (C=O) groups is 1. The van der Waals surface area contributed by atoms with E-state index in [0.29, 0.717) is 10.2 Å². The third kappa shape index (κ3) is 4.03. The van der Waals surface area contributed by atoms with Gasteiger partial charge in [0.2, 0.25) is 0 Å². The van der Waals surface area contributed by atoms with Crippen LogP contribution in [0.15, 0.2) is 41.0 Å². The van der Waals surface area contributed by atoms with Crippen molar-refractivity contribution in [3.8, 4) is 5.75 Å². The summed E-state index contributed by atoms with van der Waals surface area (Å²) in [7, 11) is 0. The lowest BCUT2D eigenvalue weighted by atomic mass is 10.2. The minimum atomic E-state index is -0.481. The van der Waals surface area contributed by atoms with Crippen LogP contribution < -0.4 is 10.1 Å². The van der Waals surface area contributed by atoms with E-state index in [2.05, 4.69) is 26.2 Å². The SMILES string of the molecule is Cc1ccc(OCC(=O)Nc2ncc(F)cc2Br)cc1. The number of anilines is 1. The maximum Gasteiger partial charge on any atom is 0.263 e. The van der Waals surface area contributed by atoms with Gasteiger partial charge < -0.3 is 10.1 Å². The number of halogens is 2. The molecule has 0 fully saturated rings. The number of amides is 1. The Morgan fingerprint density at radius 3 is 2.75 bits per heavy atom. The number of nitrogens with one attached hydrogen (secondary N) is 1. The lowest BCUT2D eigenvalue weighted by Crippen LogP contribution is -2.21. The Morgan fingerprint density at radius 2 is 2.10 bits per heavy atom. The lowest BCUT2D eigenvalue weighted by Gasteiger charge is -2.08. The third-order valence-corrected chi connectivity index (χ3v) is 3.06. The molecule has 1 aromatic heterocycles. The summed E-state index contributed by atoms with van der Waals surface area (Å²) in [5.41, 5.74) is 1.11. The summed E-state index contributed by atoms with van der Waals surface area (Å²) in [6.45, 7) is 1.82. The molecule has 20 heavy (non-hydrogen) atoms. The van der Waals surface area contributed by atoms with Crippen molar-refractivity contribution in [3.05, 3.63) is 52.4 Å². The van der Waals surface area contributed by atoms with Crippen LogP contribution in [0, 0.1) is 12.7 Å². The number of aryl methyl sites for hydroxylation is 1.